The minimum absolute atomic E-state index is 0.0380. The third-order valence-electron chi connectivity index (χ3n) is 5.78. The van der Waals surface area contributed by atoms with Gasteiger partial charge in [-0.3, -0.25) is 9.59 Å². The summed E-state index contributed by atoms with van der Waals surface area (Å²) < 4.78 is 11.1. The van der Waals surface area contributed by atoms with Crippen molar-refractivity contribution < 1.29 is 19.1 Å². The van der Waals surface area contributed by atoms with Crippen molar-refractivity contribution in [2.75, 3.05) is 13.7 Å². The van der Waals surface area contributed by atoms with E-state index in [9.17, 15) is 9.59 Å². The van der Waals surface area contributed by atoms with Crippen LogP contribution in [-0.4, -0.2) is 42.5 Å². The van der Waals surface area contributed by atoms with E-state index in [1.54, 1.807) is 12.0 Å². The molecule has 180 valence electrons. The predicted octanol–water partition coefficient (Wildman–Crippen LogP) is 4.92. The summed E-state index contributed by atoms with van der Waals surface area (Å²) in [5.74, 6) is 1.37. The Morgan fingerprint density at radius 1 is 0.970 bits per heavy atom. The molecule has 0 saturated carbocycles. The molecule has 0 unspecified atom stereocenters. The summed E-state index contributed by atoms with van der Waals surface area (Å²) in [4.78, 5) is 27.9. The van der Waals surface area contributed by atoms with Gasteiger partial charge in [0.25, 0.3) is 5.91 Å². The van der Waals surface area contributed by atoms with Crippen LogP contribution in [0.5, 0.6) is 11.5 Å². The second kappa shape index (κ2) is 12.9. The van der Waals surface area contributed by atoms with Crippen LogP contribution in [0.2, 0.25) is 0 Å². The molecule has 0 aliphatic carbocycles. The van der Waals surface area contributed by atoms with Gasteiger partial charge < -0.3 is 19.7 Å². The Hall–Kier alpha value is -3.02. The van der Waals surface area contributed by atoms with E-state index in [0.29, 0.717) is 23.8 Å². The molecule has 2 amide bonds. The summed E-state index contributed by atoms with van der Waals surface area (Å²) in [7, 11) is 1.61. The first kappa shape index (κ1) is 26.2. The lowest BCUT2D eigenvalue weighted by molar-refractivity contribution is -0.143. The number of hydrogen-bond donors (Lipinski definition) is 1. The van der Waals surface area contributed by atoms with E-state index >= 15 is 0 Å². The molecule has 0 radical (unpaired) electrons. The van der Waals surface area contributed by atoms with Gasteiger partial charge in [0.1, 0.15) is 17.5 Å². The summed E-state index contributed by atoms with van der Waals surface area (Å²) in [6, 6.07) is 14.7. The molecule has 0 heterocycles. The standard InChI is InChI=1S/C27H38N2O4/c1-7-20(5)28-27(31)25(8-2)29(17-21-10-9-11-24(16-21)32-6)26(30)18-33-23-14-12-22(13-15-23)19(3)4/h9-16,19-20,25H,7-8,17-18H2,1-6H3,(H,28,31)/t20-,25-/m0/s1. The van der Waals surface area contributed by atoms with Crippen molar-refractivity contribution in [1.29, 1.82) is 0 Å². The fraction of sp³-hybridized carbons (Fsp3) is 0.481. The molecule has 0 saturated heterocycles. The summed E-state index contributed by atoms with van der Waals surface area (Å²) in [6.07, 6.45) is 1.32. The number of ether oxygens (including phenoxy) is 2. The van der Waals surface area contributed by atoms with Crippen molar-refractivity contribution in [2.24, 2.45) is 0 Å². The first-order chi connectivity index (χ1) is 15.8. The quantitative estimate of drug-likeness (QED) is 0.494. The van der Waals surface area contributed by atoms with Gasteiger partial charge in [0.15, 0.2) is 6.61 Å². The van der Waals surface area contributed by atoms with Gasteiger partial charge in [0, 0.05) is 12.6 Å². The Morgan fingerprint density at radius 3 is 2.24 bits per heavy atom. The van der Waals surface area contributed by atoms with E-state index < -0.39 is 6.04 Å². The van der Waals surface area contributed by atoms with E-state index in [0.717, 1.165) is 12.0 Å². The number of rotatable bonds is 12. The first-order valence-corrected chi connectivity index (χ1v) is 11.7. The van der Waals surface area contributed by atoms with Gasteiger partial charge in [0.2, 0.25) is 5.91 Å². The topological polar surface area (TPSA) is 67.9 Å². The van der Waals surface area contributed by atoms with Crippen LogP contribution >= 0.6 is 0 Å². The van der Waals surface area contributed by atoms with Crippen LogP contribution in [0.1, 0.15) is 64.5 Å². The molecule has 2 rings (SSSR count). The van der Waals surface area contributed by atoms with Crippen molar-refractivity contribution in [3.8, 4) is 11.5 Å². The van der Waals surface area contributed by atoms with Gasteiger partial charge in [0.05, 0.1) is 7.11 Å². The van der Waals surface area contributed by atoms with Gasteiger partial charge in [-0.05, 0) is 61.1 Å². The second-order valence-electron chi connectivity index (χ2n) is 8.63. The summed E-state index contributed by atoms with van der Waals surface area (Å²) in [5, 5.41) is 3.02. The van der Waals surface area contributed by atoms with Crippen LogP contribution in [-0.2, 0) is 16.1 Å². The lowest BCUT2D eigenvalue weighted by Crippen LogP contribution is -2.51. The van der Waals surface area contributed by atoms with Crippen LogP contribution in [0.25, 0.3) is 0 Å². The molecule has 0 fully saturated rings. The predicted molar refractivity (Wildman–Crippen MR) is 132 cm³/mol. The Labute approximate surface area is 198 Å². The fourth-order valence-electron chi connectivity index (χ4n) is 3.51. The minimum Gasteiger partial charge on any atom is -0.497 e. The summed E-state index contributed by atoms with van der Waals surface area (Å²) >= 11 is 0. The van der Waals surface area contributed by atoms with Crippen LogP contribution in [0.3, 0.4) is 0 Å². The van der Waals surface area contributed by atoms with Crippen molar-refractivity contribution in [1.82, 2.24) is 10.2 Å². The maximum atomic E-state index is 13.3. The average Bonchev–Trinajstić information content (AvgIpc) is 2.82. The Kier molecular flexibility index (Phi) is 10.2. The number of amides is 2. The molecule has 0 spiro atoms. The third kappa shape index (κ3) is 7.81. The molecule has 2 aromatic rings. The lowest BCUT2D eigenvalue weighted by atomic mass is 10.0. The van der Waals surface area contributed by atoms with E-state index in [-0.39, 0.29) is 31.0 Å². The minimum atomic E-state index is -0.593. The second-order valence-corrected chi connectivity index (χ2v) is 8.63. The zero-order chi connectivity index (χ0) is 24.4. The van der Waals surface area contributed by atoms with Crippen LogP contribution in [0.15, 0.2) is 48.5 Å². The Morgan fingerprint density at radius 2 is 1.67 bits per heavy atom. The summed E-state index contributed by atoms with van der Waals surface area (Å²) in [5.41, 5.74) is 2.10. The highest BCUT2D eigenvalue weighted by atomic mass is 16.5. The fourth-order valence-corrected chi connectivity index (χ4v) is 3.51. The molecule has 1 N–H and O–H groups in total. The molecule has 6 heteroatoms. The van der Waals surface area contributed by atoms with Crippen LogP contribution < -0.4 is 14.8 Å². The van der Waals surface area contributed by atoms with Crippen LogP contribution in [0.4, 0.5) is 0 Å². The smallest absolute Gasteiger partial charge is 0.261 e. The highest BCUT2D eigenvalue weighted by Gasteiger charge is 2.29. The molecular formula is C27H38N2O4. The first-order valence-electron chi connectivity index (χ1n) is 11.7. The van der Waals surface area contributed by atoms with E-state index in [4.69, 9.17) is 9.47 Å². The van der Waals surface area contributed by atoms with E-state index in [2.05, 4.69) is 19.2 Å². The number of hydrogen-bond acceptors (Lipinski definition) is 4. The van der Waals surface area contributed by atoms with Gasteiger partial charge >= 0.3 is 0 Å². The highest BCUT2D eigenvalue weighted by molar-refractivity contribution is 5.88. The summed E-state index contributed by atoms with van der Waals surface area (Å²) in [6.45, 7) is 10.3. The maximum absolute atomic E-state index is 13.3. The van der Waals surface area contributed by atoms with Gasteiger partial charge in [-0.15, -0.1) is 0 Å². The molecular weight excluding hydrogens is 416 g/mol. The SMILES string of the molecule is CC[C@H](C)NC(=O)[C@H](CC)N(Cc1cccc(OC)c1)C(=O)COc1ccc(C(C)C)cc1. The van der Waals surface area contributed by atoms with Gasteiger partial charge in [-0.2, -0.15) is 0 Å². The van der Waals surface area contributed by atoms with Crippen LogP contribution in [0, 0.1) is 0 Å². The number of methoxy groups -OCH3 is 1. The number of nitrogens with zero attached hydrogens (tertiary/aromatic N) is 1. The van der Waals surface area contributed by atoms with Gasteiger partial charge in [-0.1, -0.05) is 52.0 Å². The zero-order valence-corrected chi connectivity index (χ0v) is 20.8. The number of benzene rings is 2. The van der Waals surface area contributed by atoms with Crippen molar-refractivity contribution in [3.63, 3.8) is 0 Å². The molecule has 0 bridgehead atoms. The largest absolute Gasteiger partial charge is 0.497 e. The lowest BCUT2D eigenvalue weighted by Gasteiger charge is -2.31. The molecule has 0 aliphatic heterocycles. The van der Waals surface area contributed by atoms with Crippen molar-refractivity contribution in [3.05, 3.63) is 59.7 Å². The molecule has 0 aliphatic rings. The zero-order valence-electron chi connectivity index (χ0n) is 20.8. The number of carbonyl (C=O) groups is 2. The Balaban J connectivity index is 2.21. The number of nitrogens with one attached hydrogen (secondary N) is 1. The highest BCUT2D eigenvalue weighted by Crippen LogP contribution is 2.20. The normalized spacial score (nSPS) is 12.7. The van der Waals surface area contributed by atoms with Crippen molar-refractivity contribution in [2.45, 2.75) is 72.0 Å². The third-order valence-corrected chi connectivity index (χ3v) is 5.78. The molecule has 0 aromatic heterocycles. The molecule has 6 nitrogen and oxygen atoms in total. The average molecular weight is 455 g/mol. The number of carbonyl (C=O) groups excluding carboxylic acids is 2. The molecule has 2 atom stereocenters. The molecule has 2 aromatic carbocycles. The van der Waals surface area contributed by atoms with Gasteiger partial charge in [-0.25, -0.2) is 0 Å². The van der Waals surface area contributed by atoms with Crippen molar-refractivity contribution >= 4 is 11.8 Å². The monoisotopic (exact) mass is 454 g/mol. The maximum Gasteiger partial charge on any atom is 0.261 e. The molecule has 33 heavy (non-hydrogen) atoms. The van der Waals surface area contributed by atoms with E-state index in [1.165, 1.54) is 5.56 Å². The van der Waals surface area contributed by atoms with E-state index in [1.807, 2.05) is 69.3 Å². The Bertz CT molecular complexity index is 895.